The van der Waals surface area contributed by atoms with Gasteiger partial charge in [-0.15, -0.1) is 0 Å². The third kappa shape index (κ3) is 4.28. The van der Waals surface area contributed by atoms with Crippen molar-refractivity contribution in [2.45, 2.75) is 6.61 Å². The molecule has 2 heterocycles. The molecule has 2 aromatic heterocycles. The minimum Gasteiger partial charge on any atom is -0.493 e. The molecule has 0 N–H and O–H groups in total. The van der Waals surface area contributed by atoms with Crippen LogP contribution in [-0.4, -0.2) is 30.3 Å². The van der Waals surface area contributed by atoms with Gasteiger partial charge in [-0.1, -0.05) is 11.2 Å². The zero-order chi connectivity index (χ0) is 18.4. The van der Waals surface area contributed by atoms with Crippen molar-refractivity contribution in [3.63, 3.8) is 0 Å². The van der Waals surface area contributed by atoms with E-state index >= 15 is 0 Å². The van der Waals surface area contributed by atoms with Gasteiger partial charge >= 0.3 is 5.97 Å². The molecule has 0 saturated heterocycles. The Morgan fingerprint density at radius 1 is 1.23 bits per heavy atom. The molecule has 0 atom stereocenters. The van der Waals surface area contributed by atoms with E-state index in [9.17, 15) is 4.79 Å². The topological polar surface area (TPSA) is 83.7 Å². The first-order valence-electron chi connectivity index (χ1n) is 7.61. The highest BCUT2D eigenvalue weighted by Crippen LogP contribution is 2.28. The van der Waals surface area contributed by atoms with Crippen LogP contribution >= 0.6 is 11.3 Å². The zero-order valence-electron chi connectivity index (χ0n) is 14.2. The predicted molar refractivity (Wildman–Crippen MR) is 96.0 cm³/mol. The highest BCUT2D eigenvalue weighted by molar-refractivity contribution is 7.08. The number of rotatable bonds is 7. The van der Waals surface area contributed by atoms with Crippen molar-refractivity contribution in [1.82, 2.24) is 10.1 Å². The van der Waals surface area contributed by atoms with Crippen molar-refractivity contribution < 1.29 is 23.5 Å². The molecular weight excluding hydrogens is 356 g/mol. The van der Waals surface area contributed by atoms with Crippen LogP contribution in [0.3, 0.4) is 0 Å². The smallest absolute Gasteiger partial charge is 0.331 e. The van der Waals surface area contributed by atoms with E-state index in [1.807, 2.05) is 16.8 Å². The van der Waals surface area contributed by atoms with Gasteiger partial charge in [0.05, 0.1) is 14.2 Å². The monoisotopic (exact) mass is 372 g/mol. The fourth-order valence-corrected chi connectivity index (χ4v) is 2.76. The molecular formula is C18H16N2O5S. The molecule has 0 aliphatic rings. The third-order valence-electron chi connectivity index (χ3n) is 3.40. The molecule has 26 heavy (non-hydrogen) atoms. The van der Waals surface area contributed by atoms with Gasteiger partial charge in [-0.3, -0.25) is 0 Å². The van der Waals surface area contributed by atoms with Gasteiger partial charge in [0.25, 0.3) is 5.89 Å². The number of benzene rings is 1. The molecule has 0 spiro atoms. The summed E-state index contributed by atoms with van der Waals surface area (Å²) in [5.74, 6) is 1.38. The first kappa shape index (κ1) is 17.7. The number of hydrogen-bond acceptors (Lipinski definition) is 8. The van der Waals surface area contributed by atoms with Gasteiger partial charge in [0.1, 0.15) is 0 Å². The van der Waals surface area contributed by atoms with Gasteiger partial charge in [-0.2, -0.15) is 16.3 Å². The first-order valence-corrected chi connectivity index (χ1v) is 8.56. The summed E-state index contributed by atoms with van der Waals surface area (Å²) in [5.41, 5.74) is 1.64. The van der Waals surface area contributed by atoms with Crippen molar-refractivity contribution in [2.24, 2.45) is 0 Å². The minimum absolute atomic E-state index is 0.0910. The van der Waals surface area contributed by atoms with E-state index in [2.05, 4.69) is 10.1 Å². The molecule has 0 radical (unpaired) electrons. The predicted octanol–water partition coefficient (Wildman–Crippen LogP) is 3.57. The van der Waals surface area contributed by atoms with Gasteiger partial charge in [0.15, 0.2) is 18.1 Å². The molecule has 0 bridgehead atoms. The highest BCUT2D eigenvalue weighted by atomic mass is 32.1. The number of thiophene rings is 1. The fraction of sp³-hybridized carbons (Fsp3) is 0.167. The highest BCUT2D eigenvalue weighted by Gasteiger charge is 2.10. The molecule has 3 rings (SSSR count). The molecule has 1 aromatic carbocycles. The molecule has 0 unspecified atom stereocenters. The summed E-state index contributed by atoms with van der Waals surface area (Å²) in [6.07, 6.45) is 2.94. The standard InChI is InChI=1S/C18H16N2O5S/c1-22-14-5-3-12(9-15(14)23-2)4-6-17(21)24-10-16-19-18(20-25-16)13-7-8-26-11-13/h3-9,11H,10H2,1-2H3/b6-4+. The third-order valence-corrected chi connectivity index (χ3v) is 4.09. The average molecular weight is 372 g/mol. The van der Waals surface area contributed by atoms with Crippen LogP contribution in [0.1, 0.15) is 11.5 Å². The maximum absolute atomic E-state index is 11.8. The number of ether oxygens (including phenoxy) is 3. The van der Waals surface area contributed by atoms with Crippen LogP contribution in [0.4, 0.5) is 0 Å². The van der Waals surface area contributed by atoms with Crippen LogP contribution in [0, 0.1) is 0 Å². The number of methoxy groups -OCH3 is 2. The normalized spacial score (nSPS) is 10.8. The van der Waals surface area contributed by atoms with Crippen molar-refractivity contribution in [1.29, 1.82) is 0 Å². The van der Waals surface area contributed by atoms with E-state index in [-0.39, 0.29) is 12.5 Å². The molecule has 0 fully saturated rings. The quantitative estimate of drug-likeness (QED) is 0.463. The molecule has 0 amide bonds. The summed E-state index contributed by atoms with van der Waals surface area (Å²) in [6, 6.07) is 7.20. The first-order chi connectivity index (χ1) is 12.7. The van der Waals surface area contributed by atoms with Gasteiger partial charge in [-0.05, 0) is 35.2 Å². The maximum atomic E-state index is 11.8. The zero-order valence-corrected chi connectivity index (χ0v) is 15.0. The molecule has 3 aromatic rings. The van der Waals surface area contributed by atoms with E-state index in [1.165, 1.54) is 17.4 Å². The molecule has 0 aliphatic carbocycles. The molecule has 0 saturated carbocycles. The minimum atomic E-state index is -0.518. The Kier molecular flexibility index (Phi) is 5.65. The number of esters is 1. The number of nitrogens with zero attached hydrogens (tertiary/aromatic N) is 2. The molecule has 0 aliphatic heterocycles. The lowest BCUT2D eigenvalue weighted by molar-refractivity contribution is -0.139. The van der Waals surface area contributed by atoms with E-state index < -0.39 is 5.97 Å². The fourth-order valence-electron chi connectivity index (χ4n) is 2.12. The van der Waals surface area contributed by atoms with Gasteiger partial charge < -0.3 is 18.7 Å². The van der Waals surface area contributed by atoms with E-state index in [1.54, 1.807) is 38.5 Å². The molecule has 7 nitrogen and oxygen atoms in total. The summed E-state index contributed by atoms with van der Waals surface area (Å²) in [5, 5.41) is 7.68. The lowest BCUT2D eigenvalue weighted by Crippen LogP contribution is -2.01. The van der Waals surface area contributed by atoms with E-state index in [0.29, 0.717) is 17.3 Å². The van der Waals surface area contributed by atoms with Crippen LogP contribution in [0.5, 0.6) is 11.5 Å². The van der Waals surface area contributed by atoms with E-state index in [0.717, 1.165) is 11.1 Å². The lowest BCUT2D eigenvalue weighted by atomic mass is 10.2. The summed E-state index contributed by atoms with van der Waals surface area (Å²) in [7, 11) is 3.11. The maximum Gasteiger partial charge on any atom is 0.331 e. The van der Waals surface area contributed by atoms with Crippen molar-refractivity contribution in [3.8, 4) is 22.9 Å². The Balaban J connectivity index is 1.56. The van der Waals surface area contributed by atoms with Gasteiger partial charge in [-0.25, -0.2) is 4.79 Å². The number of aromatic nitrogens is 2. The Bertz CT molecular complexity index is 902. The summed E-state index contributed by atoms with van der Waals surface area (Å²) in [6.45, 7) is -0.0910. The molecule has 134 valence electrons. The van der Waals surface area contributed by atoms with E-state index in [4.69, 9.17) is 18.7 Å². The number of carbonyl (C=O) groups is 1. The Morgan fingerprint density at radius 3 is 2.81 bits per heavy atom. The van der Waals surface area contributed by atoms with Crippen LogP contribution in [0.2, 0.25) is 0 Å². The Labute approximate surface area is 153 Å². The van der Waals surface area contributed by atoms with Crippen LogP contribution < -0.4 is 9.47 Å². The van der Waals surface area contributed by atoms with Gasteiger partial charge in [0.2, 0.25) is 5.82 Å². The van der Waals surface area contributed by atoms with Crippen molar-refractivity contribution >= 4 is 23.4 Å². The van der Waals surface area contributed by atoms with Crippen molar-refractivity contribution in [3.05, 3.63) is 52.6 Å². The number of carbonyl (C=O) groups excluding carboxylic acids is 1. The van der Waals surface area contributed by atoms with Gasteiger partial charge in [0, 0.05) is 17.0 Å². The van der Waals surface area contributed by atoms with Crippen LogP contribution in [0.25, 0.3) is 17.5 Å². The lowest BCUT2D eigenvalue weighted by Gasteiger charge is -2.07. The second-order valence-corrected chi connectivity index (χ2v) is 5.86. The summed E-state index contributed by atoms with van der Waals surface area (Å²) < 4.78 is 20.6. The van der Waals surface area contributed by atoms with Crippen LogP contribution in [-0.2, 0) is 16.1 Å². The van der Waals surface area contributed by atoms with Crippen molar-refractivity contribution in [2.75, 3.05) is 14.2 Å². The summed E-state index contributed by atoms with van der Waals surface area (Å²) in [4.78, 5) is 16.0. The second-order valence-electron chi connectivity index (χ2n) is 5.08. The SMILES string of the molecule is COc1ccc(/C=C/C(=O)OCc2nc(-c3ccsc3)no2)cc1OC. The Hall–Kier alpha value is -3.13. The average Bonchev–Trinajstić information content (AvgIpc) is 3.35. The number of hydrogen-bond donors (Lipinski definition) is 0. The molecule has 8 heteroatoms. The largest absolute Gasteiger partial charge is 0.493 e. The second kappa shape index (κ2) is 8.30. The Morgan fingerprint density at radius 2 is 2.08 bits per heavy atom. The van der Waals surface area contributed by atoms with Crippen LogP contribution in [0.15, 0.2) is 45.6 Å². The summed E-state index contributed by atoms with van der Waals surface area (Å²) >= 11 is 1.54.